The van der Waals surface area contributed by atoms with Crippen LogP contribution in [0, 0.1) is 20.2 Å². The number of nitrogens with zero attached hydrogens (tertiary/aromatic N) is 2. The van der Waals surface area contributed by atoms with E-state index in [0.717, 1.165) is 18.2 Å². The molecule has 0 aliphatic carbocycles. The molecule has 152 valence electrons. The molecule has 1 N–H and O–H groups in total. The van der Waals surface area contributed by atoms with E-state index in [-0.39, 0.29) is 12.4 Å². The van der Waals surface area contributed by atoms with Crippen molar-refractivity contribution in [3.8, 4) is 11.5 Å². The highest BCUT2D eigenvalue weighted by Crippen LogP contribution is 2.30. The maximum Gasteiger partial charge on any atom is 0.343 e. The van der Waals surface area contributed by atoms with Crippen molar-refractivity contribution in [1.82, 2.24) is 0 Å². The molecule has 0 radical (unpaired) electrons. The van der Waals surface area contributed by atoms with Crippen molar-refractivity contribution in [2.24, 2.45) is 0 Å². The summed E-state index contributed by atoms with van der Waals surface area (Å²) in [5, 5.41) is 24.3. The van der Waals surface area contributed by atoms with Crippen LogP contribution in [0.3, 0.4) is 0 Å². The van der Waals surface area contributed by atoms with E-state index in [1.165, 1.54) is 31.4 Å². The Morgan fingerprint density at radius 2 is 1.66 bits per heavy atom. The van der Waals surface area contributed by atoms with Crippen molar-refractivity contribution in [2.45, 2.75) is 0 Å². The van der Waals surface area contributed by atoms with Crippen molar-refractivity contribution in [1.29, 1.82) is 0 Å². The summed E-state index contributed by atoms with van der Waals surface area (Å²) in [6.45, 7) is -0.816. The third-order valence-electron chi connectivity index (χ3n) is 3.43. The number of non-ortho nitro benzene ring substituents is 1. The summed E-state index contributed by atoms with van der Waals surface area (Å²) < 4.78 is 14.7. The van der Waals surface area contributed by atoms with Crippen LogP contribution in [0.25, 0.3) is 0 Å². The number of ether oxygens (including phenoxy) is 3. The number of hydrogen-bond donors (Lipinski definition) is 1. The average Bonchev–Trinajstić information content (AvgIpc) is 2.71. The number of rotatable bonds is 9. The first-order valence-corrected chi connectivity index (χ1v) is 7.95. The zero-order valence-electron chi connectivity index (χ0n) is 15.0. The number of benzene rings is 2. The normalized spacial score (nSPS) is 9.97. The zero-order valence-corrected chi connectivity index (χ0v) is 15.0. The first kappa shape index (κ1) is 21.1. The molecule has 12 heteroatoms. The van der Waals surface area contributed by atoms with E-state index in [2.05, 4.69) is 10.1 Å². The van der Waals surface area contributed by atoms with Crippen molar-refractivity contribution >= 4 is 28.9 Å². The number of carbonyl (C=O) groups excluding carboxylic acids is 2. The van der Waals surface area contributed by atoms with E-state index in [0.29, 0.717) is 11.4 Å². The Kier molecular flexibility index (Phi) is 7.01. The molecule has 0 aliphatic heterocycles. The highest BCUT2D eigenvalue weighted by molar-refractivity contribution is 5.92. The molecule has 1 amide bonds. The van der Waals surface area contributed by atoms with Crippen LogP contribution in [0.5, 0.6) is 11.5 Å². The van der Waals surface area contributed by atoms with E-state index in [4.69, 9.17) is 9.47 Å². The Hall–Kier alpha value is -4.22. The molecule has 0 saturated carbocycles. The summed E-state index contributed by atoms with van der Waals surface area (Å²) in [5.41, 5.74) is -0.704. The molecule has 2 rings (SSSR count). The number of esters is 1. The Labute approximate surface area is 163 Å². The van der Waals surface area contributed by atoms with Crippen molar-refractivity contribution < 1.29 is 33.6 Å². The van der Waals surface area contributed by atoms with Gasteiger partial charge in [-0.15, -0.1) is 0 Å². The van der Waals surface area contributed by atoms with Crippen LogP contribution >= 0.6 is 0 Å². The number of methoxy groups -OCH3 is 1. The molecule has 0 bridgehead atoms. The van der Waals surface area contributed by atoms with Gasteiger partial charge in [0.2, 0.25) is 0 Å². The van der Waals surface area contributed by atoms with Crippen LogP contribution in [0.15, 0.2) is 42.5 Å². The second kappa shape index (κ2) is 9.64. The van der Waals surface area contributed by atoms with E-state index in [1.807, 2.05) is 0 Å². The largest absolute Gasteiger partial charge is 0.482 e. The van der Waals surface area contributed by atoms with Crippen LogP contribution < -0.4 is 14.8 Å². The van der Waals surface area contributed by atoms with Gasteiger partial charge in [-0.3, -0.25) is 25.0 Å². The molecule has 0 atom stereocenters. The fraction of sp³-hybridized carbons (Fsp3) is 0.176. The van der Waals surface area contributed by atoms with Gasteiger partial charge in [-0.1, -0.05) is 0 Å². The summed E-state index contributed by atoms with van der Waals surface area (Å²) in [4.78, 5) is 43.1. The average molecular weight is 405 g/mol. The lowest BCUT2D eigenvalue weighted by Gasteiger charge is -2.09. The predicted octanol–water partition coefficient (Wildman–Crippen LogP) is 2.07. The van der Waals surface area contributed by atoms with Gasteiger partial charge in [-0.2, -0.15) is 0 Å². The fourth-order valence-electron chi connectivity index (χ4n) is 2.06. The Balaban J connectivity index is 1.94. The Morgan fingerprint density at radius 1 is 0.966 bits per heavy atom. The number of anilines is 1. The quantitative estimate of drug-likeness (QED) is 0.374. The van der Waals surface area contributed by atoms with Crippen LogP contribution in [-0.2, 0) is 14.3 Å². The predicted molar refractivity (Wildman–Crippen MR) is 97.8 cm³/mol. The molecule has 0 spiro atoms. The zero-order chi connectivity index (χ0) is 21.4. The number of nitrogens with one attached hydrogen (secondary N) is 1. The van der Waals surface area contributed by atoms with Gasteiger partial charge in [0.15, 0.2) is 19.0 Å². The molecule has 2 aromatic carbocycles. The van der Waals surface area contributed by atoms with E-state index in [1.54, 1.807) is 0 Å². The lowest BCUT2D eigenvalue weighted by atomic mass is 10.2. The lowest BCUT2D eigenvalue weighted by molar-refractivity contribution is -0.394. The highest BCUT2D eigenvalue weighted by atomic mass is 16.6. The number of carbonyl (C=O) groups is 2. The maximum atomic E-state index is 12.0. The first-order chi connectivity index (χ1) is 13.8. The molecule has 12 nitrogen and oxygen atoms in total. The maximum absolute atomic E-state index is 12.0. The van der Waals surface area contributed by atoms with Gasteiger partial charge in [0.1, 0.15) is 5.75 Å². The summed E-state index contributed by atoms with van der Waals surface area (Å²) in [6, 6.07) is 8.89. The van der Waals surface area contributed by atoms with Crippen LogP contribution in [0.1, 0.15) is 0 Å². The van der Waals surface area contributed by atoms with Crippen LogP contribution in [0.4, 0.5) is 17.1 Å². The summed E-state index contributed by atoms with van der Waals surface area (Å²) in [5.74, 6) is -1.05. The summed E-state index contributed by atoms with van der Waals surface area (Å²) in [7, 11) is 1.23. The van der Waals surface area contributed by atoms with Crippen molar-refractivity contribution in [3.63, 3.8) is 0 Å². The van der Waals surface area contributed by atoms with Gasteiger partial charge < -0.3 is 19.5 Å². The molecule has 29 heavy (non-hydrogen) atoms. The van der Waals surface area contributed by atoms with E-state index >= 15 is 0 Å². The molecule has 0 fully saturated rings. The number of hydrogen-bond acceptors (Lipinski definition) is 9. The minimum atomic E-state index is -0.840. The van der Waals surface area contributed by atoms with Gasteiger partial charge in [0.25, 0.3) is 11.6 Å². The molecular weight excluding hydrogens is 390 g/mol. The van der Waals surface area contributed by atoms with E-state index in [9.17, 15) is 29.8 Å². The van der Waals surface area contributed by atoms with Gasteiger partial charge in [-0.25, -0.2) is 4.79 Å². The smallest absolute Gasteiger partial charge is 0.343 e. The van der Waals surface area contributed by atoms with Crippen LogP contribution in [0.2, 0.25) is 0 Å². The van der Waals surface area contributed by atoms with Gasteiger partial charge >= 0.3 is 11.7 Å². The summed E-state index contributed by atoms with van der Waals surface area (Å²) in [6.07, 6.45) is 0. The fourth-order valence-corrected chi connectivity index (χ4v) is 2.06. The van der Waals surface area contributed by atoms with Gasteiger partial charge in [0.05, 0.1) is 23.0 Å². The molecule has 0 aromatic heterocycles. The third-order valence-corrected chi connectivity index (χ3v) is 3.43. The third kappa shape index (κ3) is 6.16. The molecule has 0 unspecified atom stereocenters. The monoisotopic (exact) mass is 405 g/mol. The number of amides is 1. The Bertz CT molecular complexity index is 928. The van der Waals surface area contributed by atoms with Gasteiger partial charge in [-0.05, 0) is 30.3 Å². The molecular formula is C17H15N3O9. The minimum Gasteiger partial charge on any atom is -0.482 e. The standard InChI is InChI=1S/C17H15N3O9/c1-27-17(22)10-28-13-5-2-11(3-6-13)18-16(21)9-29-15-7-4-12(19(23)24)8-14(15)20(25)26/h2-8H,9-10H2,1H3,(H,18,21). The number of nitro benzene ring substituents is 2. The lowest BCUT2D eigenvalue weighted by Crippen LogP contribution is -2.20. The topological polar surface area (TPSA) is 160 Å². The molecule has 0 saturated heterocycles. The summed E-state index contributed by atoms with van der Waals surface area (Å²) >= 11 is 0. The Morgan fingerprint density at radius 3 is 2.24 bits per heavy atom. The van der Waals surface area contributed by atoms with Crippen molar-refractivity contribution in [3.05, 3.63) is 62.7 Å². The highest BCUT2D eigenvalue weighted by Gasteiger charge is 2.21. The SMILES string of the molecule is COC(=O)COc1ccc(NC(=O)COc2ccc([N+](=O)[O-])cc2[N+](=O)[O-])cc1. The van der Waals surface area contributed by atoms with E-state index < -0.39 is 39.7 Å². The molecule has 0 heterocycles. The second-order valence-corrected chi connectivity index (χ2v) is 5.39. The number of nitro groups is 2. The minimum absolute atomic E-state index is 0.260. The van der Waals surface area contributed by atoms with Gasteiger partial charge in [0, 0.05) is 11.8 Å². The van der Waals surface area contributed by atoms with Crippen LogP contribution in [-0.4, -0.2) is 42.0 Å². The molecule has 0 aliphatic rings. The van der Waals surface area contributed by atoms with Crippen molar-refractivity contribution in [2.75, 3.05) is 25.6 Å². The first-order valence-electron chi connectivity index (χ1n) is 7.95. The molecule has 2 aromatic rings. The second-order valence-electron chi connectivity index (χ2n) is 5.39.